The molecule has 7 nitrogen and oxygen atoms in total. The maximum atomic E-state index is 13.5. The molecule has 0 radical (unpaired) electrons. The predicted molar refractivity (Wildman–Crippen MR) is 130 cm³/mol. The lowest BCUT2D eigenvalue weighted by molar-refractivity contribution is 0.102. The van der Waals surface area contributed by atoms with Crippen molar-refractivity contribution in [1.82, 2.24) is 24.5 Å². The number of carbonyl (C=O) groups excluding carboxylic acids is 1. The van der Waals surface area contributed by atoms with Crippen LogP contribution < -0.4 is 5.32 Å². The summed E-state index contributed by atoms with van der Waals surface area (Å²) in [6, 6.07) is 21.6. The summed E-state index contributed by atoms with van der Waals surface area (Å²) in [5.74, 6) is -0.214. The average Bonchev–Trinajstić information content (AvgIpc) is 3.40. The molecule has 3 aromatic heterocycles. The van der Waals surface area contributed by atoms with Gasteiger partial charge in [0.15, 0.2) is 5.65 Å². The summed E-state index contributed by atoms with van der Waals surface area (Å²) in [7, 11) is 0. The van der Waals surface area contributed by atoms with Gasteiger partial charge in [0, 0.05) is 12.1 Å². The zero-order valence-electron chi connectivity index (χ0n) is 18.8. The Bertz CT molecular complexity index is 1450. The number of rotatable bonds is 5. The van der Waals surface area contributed by atoms with E-state index in [1.807, 2.05) is 96.9 Å². The molecule has 1 N–H and O–H groups in total. The molecule has 7 heteroatoms. The zero-order chi connectivity index (χ0) is 22.9. The molecule has 33 heavy (non-hydrogen) atoms. The van der Waals surface area contributed by atoms with Gasteiger partial charge in [0.2, 0.25) is 0 Å². The van der Waals surface area contributed by atoms with E-state index in [9.17, 15) is 4.79 Å². The van der Waals surface area contributed by atoms with Crippen molar-refractivity contribution < 1.29 is 4.79 Å². The fourth-order valence-corrected chi connectivity index (χ4v) is 4.05. The van der Waals surface area contributed by atoms with Crippen molar-refractivity contribution in [2.24, 2.45) is 0 Å². The molecule has 0 saturated carbocycles. The highest BCUT2D eigenvalue weighted by atomic mass is 16.1. The smallest absolute Gasteiger partial charge is 0.256 e. The molecule has 1 amide bonds. The van der Waals surface area contributed by atoms with Crippen molar-refractivity contribution in [1.29, 1.82) is 0 Å². The first-order valence-corrected chi connectivity index (χ1v) is 10.9. The lowest BCUT2D eigenvalue weighted by atomic mass is 10.1. The number of nitrogens with zero attached hydrogens (tertiary/aromatic N) is 5. The van der Waals surface area contributed by atoms with E-state index in [0.717, 1.165) is 33.7 Å². The van der Waals surface area contributed by atoms with Gasteiger partial charge in [-0.3, -0.25) is 4.79 Å². The third-order valence-electron chi connectivity index (χ3n) is 5.75. The van der Waals surface area contributed by atoms with Crippen LogP contribution in [-0.2, 0) is 6.54 Å². The Morgan fingerprint density at radius 1 is 1.00 bits per heavy atom. The highest BCUT2D eigenvalue weighted by molar-refractivity contribution is 6.13. The first kappa shape index (κ1) is 20.6. The first-order valence-electron chi connectivity index (χ1n) is 10.9. The van der Waals surface area contributed by atoms with E-state index < -0.39 is 0 Å². The molecular formula is C26H24N6O. The lowest BCUT2D eigenvalue weighted by Crippen LogP contribution is -2.14. The molecule has 0 atom stereocenters. The third kappa shape index (κ3) is 3.67. The minimum Gasteiger partial charge on any atom is -0.319 e. The normalized spacial score (nSPS) is 11.1. The van der Waals surface area contributed by atoms with Gasteiger partial charge in [-0.25, -0.2) is 14.3 Å². The highest BCUT2D eigenvalue weighted by Gasteiger charge is 2.20. The van der Waals surface area contributed by atoms with Gasteiger partial charge in [-0.05, 0) is 39.0 Å². The van der Waals surface area contributed by atoms with Crippen LogP contribution in [0.25, 0.3) is 28.0 Å². The van der Waals surface area contributed by atoms with Gasteiger partial charge >= 0.3 is 0 Å². The molecule has 0 saturated heterocycles. The van der Waals surface area contributed by atoms with Gasteiger partial charge in [0.25, 0.3) is 5.91 Å². The minimum atomic E-state index is -0.214. The van der Waals surface area contributed by atoms with Crippen LogP contribution in [0.3, 0.4) is 0 Å². The molecule has 0 bridgehead atoms. The number of para-hydroxylation sites is 1. The molecule has 0 unspecified atom stereocenters. The van der Waals surface area contributed by atoms with E-state index in [2.05, 4.69) is 15.5 Å². The summed E-state index contributed by atoms with van der Waals surface area (Å²) >= 11 is 0. The van der Waals surface area contributed by atoms with Gasteiger partial charge in [0.1, 0.15) is 0 Å². The Morgan fingerprint density at radius 2 is 1.70 bits per heavy atom. The van der Waals surface area contributed by atoms with Crippen molar-refractivity contribution in [3.8, 4) is 16.9 Å². The number of hydrogen-bond donors (Lipinski definition) is 1. The van der Waals surface area contributed by atoms with Gasteiger partial charge in [0.05, 0.1) is 45.6 Å². The Hall–Kier alpha value is -4.26. The zero-order valence-corrected chi connectivity index (χ0v) is 18.8. The molecule has 0 aliphatic carbocycles. The molecule has 0 aliphatic rings. The maximum Gasteiger partial charge on any atom is 0.256 e. The number of fused-ring (bicyclic) bond motifs is 1. The fraction of sp³-hybridized carbons (Fsp3) is 0.154. The SMILES string of the molecule is CCn1ncc2c(C(=O)Nc3c(C)nn(-c4ccccc4)c3C)cc(-c3ccccc3)nc21. The summed E-state index contributed by atoms with van der Waals surface area (Å²) in [5.41, 5.74) is 6.17. The Morgan fingerprint density at radius 3 is 2.39 bits per heavy atom. The number of pyridine rings is 1. The Labute approximate surface area is 191 Å². The number of aromatic nitrogens is 5. The number of nitrogens with one attached hydrogen (secondary N) is 1. The molecule has 0 fully saturated rings. The van der Waals surface area contributed by atoms with Crippen molar-refractivity contribution in [2.45, 2.75) is 27.3 Å². The van der Waals surface area contributed by atoms with E-state index in [1.165, 1.54) is 0 Å². The summed E-state index contributed by atoms with van der Waals surface area (Å²) in [4.78, 5) is 18.4. The predicted octanol–water partition coefficient (Wildman–Crippen LogP) is 5.17. The highest BCUT2D eigenvalue weighted by Crippen LogP contribution is 2.28. The quantitative estimate of drug-likeness (QED) is 0.412. The van der Waals surface area contributed by atoms with Crippen LogP contribution in [0.5, 0.6) is 0 Å². The number of amides is 1. The lowest BCUT2D eigenvalue weighted by Gasteiger charge is -2.10. The summed E-state index contributed by atoms with van der Waals surface area (Å²) in [6.07, 6.45) is 1.71. The van der Waals surface area contributed by atoms with E-state index in [1.54, 1.807) is 6.20 Å². The van der Waals surface area contributed by atoms with Crippen LogP contribution in [0.2, 0.25) is 0 Å². The van der Waals surface area contributed by atoms with E-state index in [-0.39, 0.29) is 5.91 Å². The van der Waals surface area contributed by atoms with Crippen molar-refractivity contribution in [2.75, 3.05) is 5.32 Å². The average molecular weight is 437 g/mol. The van der Waals surface area contributed by atoms with Crippen molar-refractivity contribution in [3.63, 3.8) is 0 Å². The molecule has 5 rings (SSSR count). The fourth-order valence-electron chi connectivity index (χ4n) is 4.05. The second-order valence-corrected chi connectivity index (χ2v) is 7.87. The van der Waals surface area contributed by atoms with Gasteiger partial charge < -0.3 is 5.32 Å². The molecule has 0 spiro atoms. The number of carbonyl (C=O) groups is 1. The van der Waals surface area contributed by atoms with E-state index in [4.69, 9.17) is 4.98 Å². The van der Waals surface area contributed by atoms with Crippen LogP contribution in [0.1, 0.15) is 28.7 Å². The second-order valence-electron chi connectivity index (χ2n) is 7.87. The van der Waals surface area contributed by atoms with Gasteiger partial charge in [-0.1, -0.05) is 48.5 Å². The molecule has 5 aromatic rings. The van der Waals surface area contributed by atoms with Crippen LogP contribution in [-0.4, -0.2) is 30.5 Å². The number of hydrogen-bond acceptors (Lipinski definition) is 4. The topological polar surface area (TPSA) is 77.6 Å². The summed E-state index contributed by atoms with van der Waals surface area (Å²) in [5, 5.41) is 12.9. The monoisotopic (exact) mass is 436 g/mol. The largest absolute Gasteiger partial charge is 0.319 e. The third-order valence-corrected chi connectivity index (χ3v) is 5.75. The van der Waals surface area contributed by atoms with Crippen LogP contribution in [0.15, 0.2) is 72.9 Å². The molecule has 164 valence electrons. The second kappa shape index (κ2) is 8.35. The van der Waals surface area contributed by atoms with Gasteiger partial charge in [-0.2, -0.15) is 10.2 Å². The van der Waals surface area contributed by atoms with Crippen molar-refractivity contribution >= 4 is 22.6 Å². The Balaban J connectivity index is 1.58. The summed E-state index contributed by atoms with van der Waals surface area (Å²) in [6.45, 7) is 6.52. The van der Waals surface area contributed by atoms with E-state index >= 15 is 0 Å². The molecule has 2 aromatic carbocycles. The standard InChI is InChI=1S/C26H24N6O/c1-4-31-25-22(16-27-31)21(15-23(28-25)19-11-7-5-8-12-19)26(33)29-24-17(2)30-32(18(24)3)20-13-9-6-10-14-20/h5-16H,4H2,1-3H3,(H,29,33). The number of anilines is 1. The van der Waals surface area contributed by atoms with E-state index in [0.29, 0.717) is 23.4 Å². The van der Waals surface area contributed by atoms with Crippen LogP contribution in [0, 0.1) is 13.8 Å². The van der Waals surface area contributed by atoms with Gasteiger partial charge in [-0.15, -0.1) is 0 Å². The van der Waals surface area contributed by atoms with Crippen LogP contribution >= 0.6 is 0 Å². The van der Waals surface area contributed by atoms with Crippen LogP contribution in [0.4, 0.5) is 5.69 Å². The van der Waals surface area contributed by atoms with Crippen molar-refractivity contribution in [3.05, 3.63) is 89.9 Å². The molecular weight excluding hydrogens is 412 g/mol. The Kier molecular flexibility index (Phi) is 5.22. The minimum absolute atomic E-state index is 0.214. The maximum absolute atomic E-state index is 13.5. The first-order chi connectivity index (χ1) is 16.1. The number of aryl methyl sites for hydroxylation is 2. The molecule has 3 heterocycles. The number of benzene rings is 2. The molecule has 0 aliphatic heterocycles. The summed E-state index contributed by atoms with van der Waals surface area (Å²) < 4.78 is 3.65.